The summed E-state index contributed by atoms with van der Waals surface area (Å²) in [4.78, 5) is 3.56. The Balaban J connectivity index is 1.95. The second-order valence-corrected chi connectivity index (χ2v) is 5.14. The topological polar surface area (TPSA) is 46.3 Å². The lowest BCUT2D eigenvalue weighted by molar-refractivity contribution is -0.0832. The van der Waals surface area contributed by atoms with E-state index in [1.165, 1.54) is 22.2 Å². The van der Waals surface area contributed by atoms with E-state index in [9.17, 15) is 0 Å². The number of rotatable bonds is 1. The van der Waals surface area contributed by atoms with Gasteiger partial charge in [0.25, 0.3) is 0 Å². The van der Waals surface area contributed by atoms with Crippen LogP contribution in [0, 0.1) is 0 Å². The maximum absolute atomic E-state index is 5.41. The van der Waals surface area contributed by atoms with Crippen molar-refractivity contribution >= 4 is 10.9 Å². The molecular weight excluding hydrogens is 228 g/mol. The first-order valence-corrected chi connectivity index (χ1v) is 6.34. The van der Waals surface area contributed by atoms with Gasteiger partial charge in [-0.3, -0.25) is 0 Å². The smallest absolute Gasteiger partial charge is 0.119 e. The van der Waals surface area contributed by atoms with Crippen LogP contribution in [0.25, 0.3) is 10.9 Å². The molecule has 1 aromatic heterocycles. The van der Waals surface area contributed by atoms with Gasteiger partial charge in [0.15, 0.2) is 0 Å². The molecule has 0 saturated carbocycles. The molecule has 2 aliphatic rings. The molecule has 1 aromatic carbocycles. The molecule has 18 heavy (non-hydrogen) atoms. The lowest BCUT2D eigenvalue weighted by Gasteiger charge is -2.44. The highest BCUT2D eigenvalue weighted by Gasteiger charge is 2.45. The van der Waals surface area contributed by atoms with Gasteiger partial charge in [0.2, 0.25) is 0 Å². The lowest BCUT2D eigenvalue weighted by Crippen LogP contribution is -2.60. The summed E-state index contributed by atoms with van der Waals surface area (Å²) < 4.78 is 10.7. The number of aromatic nitrogens is 1. The number of ether oxygens (including phenoxy) is 2. The quantitative estimate of drug-likeness (QED) is 0.800. The minimum Gasteiger partial charge on any atom is -0.497 e. The van der Waals surface area contributed by atoms with Gasteiger partial charge in [-0.15, -0.1) is 0 Å². The van der Waals surface area contributed by atoms with Gasteiger partial charge in [-0.2, -0.15) is 0 Å². The highest BCUT2D eigenvalue weighted by atomic mass is 16.5. The molecule has 1 spiro atoms. The molecule has 0 amide bonds. The Kier molecular flexibility index (Phi) is 2.02. The highest BCUT2D eigenvalue weighted by molar-refractivity contribution is 5.86. The number of nitrogens with one attached hydrogen (secondary N) is 2. The molecule has 1 saturated heterocycles. The molecule has 0 bridgehead atoms. The molecule has 2 aliphatic heterocycles. The number of hydrogen-bond donors (Lipinski definition) is 2. The van der Waals surface area contributed by atoms with E-state index in [4.69, 9.17) is 9.47 Å². The summed E-state index contributed by atoms with van der Waals surface area (Å²) >= 11 is 0. The predicted molar refractivity (Wildman–Crippen MR) is 69.1 cm³/mol. The lowest BCUT2D eigenvalue weighted by atomic mass is 9.85. The summed E-state index contributed by atoms with van der Waals surface area (Å²) in [6, 6.07) is 6.23. The monoisotopic (exact) mass is 244 g/mol. The van der Waals surface area contributed by atoms with Gasteiger partial charge in [-0.05, 0) is 30.2 Å². The fourth-order valence-electron chi connectivity index (χ4n) is 3.09. The largest absolute Gasteiger partial charge is 0.497 e. The van der Waals surface area contributed by atoms with Crippen molar-refractivity contribution in [3.05, 3.63) is 29.5 Å². The number of H-pyrrole nitrogens is 1. The Labute approximate surface area is 105 Å². The summed E-state index contributed by atoms with van der Waals surface area (Å²) in [6.45, 7) is 2.55. The van der Waals surface area contributed by atoms with Crippen molar-refractivity contribution in [2.45, 2.75) is 12.0 Å². The molecular formula is C14H16N2O2. The molecule has 4 heteroatoms. The second kappa shape index (κ2) is 3.49. The van der Waals surface area contributed by atoms with Crippen LogP contribution in [-0.4, -0.2) is 31.9 Å². The van der Waals surface area contributed by atoms with E-state index in [1.807, 2.05) is 6.07 Å². The van der Waals surface area contributed by atoms with Crippen LogP contribution in [0.1, 0.15) is 11.3 Å². The molecule has 94 valence electrons. The Morgan fingerprint density at radius 2 is 2.22 bits per heavy atom. The Bertz CT molecular complexity index is 614. The number of aromatic amines is 1. The number of hydrogen-bond acceptors (Lipinski definition) is 3. The third kappa shape index (κ3) is 1.22. The molecule has 0 atom stereocenters. The first kappa shape index (κ1) is 10.4. The Morgan fingerprint density at radius 1 is 1.33 bits per heavy atom. The van der Waals surface area contributed by atoms with Crippen LogP contribution in [0.3, 0.4) is 0 Å². The SMILES string of the molecule is COc1ccc2[nH]c3c(c2c1)CCNC31COC1. The minimum atomic E-state index is 0.0276. The van der Waals surface area contributed by atoms with Crippen molar-refractivity contribution < 1.29 is 9.47 Å². The highest BCUT2D eigenvalue weighted by Crippen LogP contribution is 2.38. The average Bonchev–Trinajstić information content (AvgIpc) is 2.74. The van der Waals surface area contributed by atoms with E-state index in [0.29, 0.717) is 0 Å². The molecule has 3 heterocycles. The zero-order chi connectivity index (χ0) is 12.2. The second-order valence-electron chi connectivity index (χ2n) is 5.14. The molecule has 0 radical (unpaired) electrons. The number of fused-ring (bicyclic) bond motifs is 4. The third-order valence-electron chi connectivity index (χ3n) is 4.13. The van der Waals surface area contributed by atoms with Gasteiger partial charge >= 0.3 is 0 Å². The Morgan fingerprint density at radius 3 is 2.94 bits per heavy atom. The van der Waals surface area contributed by atoms with E-state index in [1.54, 1.807) is 7.11 Å². The van der Waals surface area contributed by atoms with E-state index in [2.05, 4.69) is 22.4 Å². The van der Waals surface area contributed by atoms with Crippen LogP contribution >= 0.6 is 0 Å². The molecule has 0 aliphatic carbocycles. The van der Waals surface area contributed by atoms with Crippen molar-refractivity contribution in [1.29, 1.82) is 0 Å². The van der Waals surface area contributed by atoms with Crippen molar-refractivity contribution in [2.24, 2.45) is 0 Å². The minimum absolute atomic E-state index is 0.0276. The zero-order valence-corrected chi connectivity index (χ0v) is 10.4. The van der Waals surface area contributed by atoms with Crippen LogP contribution in [0.2, 0.25) is 0 Å². The average molecular weight is 244 g/mol. The fraction of sp³-hybridized carbons (Fsp3) is 0.429. The van der Waals surface area contributed by atoms with Crippen LogP contribution in [-0.2, 0) is 16.7 Å². The summed E-state index contributed by atoms with van der Waals surface area (Å²) in [7, 11) is 1.71. The molecule has 2 N–H and O–H groups in total. The van der Waals surface area contributed by atoms with Crippen LogP contribution in [0.5, 0.6) is 5.75 Å². The van der Waals surface area contributed by atoms with Gasteiger partial charge in [-0.25, -0.2) is 0 Å². The molecule has 1 fully saturated rings. The van der Waals surface area contributed by atoms with E-state index in [0.717, 1.165) is 31.9 Å². The van der Waals surface area contributed by atoms with Crippen LogP contribution in [0.4, 0.5) is 0 Å². The first-order valence-electron chi connectivity index (χ1n) is 6.34. The number of methoxy groups -OCH3 is 1. The molecule has 0 unspecified atom stereocenters. The van der Waals surface area contributed by atoms with E-state index >= 15 is 0 Å². The Hall–Kier alpha value is -1.52. The van der Waals surface area contributed by atoms with Gasteiger partial charge in [0.1, 0.15) is 11.3 Å². The van der Waals surface area contributed by atoms with Gasteiger partial charge < -0.3 is 19.8 Å². The van der Waals surface area contributed by atoms with Crippen molar-refractivity contribution in [2.75, 3.05) is 26.9 Å². The summed E-state index contributed by atoms with van der Waals surface area (Å²) in [5, 5.41) is 4.88. The standard InChI is InChI=1S/C14H16N2O2/c1-17-9-2-3-12-11(6-9)10-4-5-15-14(7-18-8-14)13(10)16-12/h2-3,6,15-16H,4-5,7-8H2,1H3. The van der Waals surface area contributed by atoms with Gasteiger partial charge in [0, 0.05) is 23.1 Å². The molecule has 4 rings (SSSR count). The summed E-state index contributed by atoms with van der Waals surface area (Å²) in [6.07, 6.45) is 1.06. The van der Waals surface area contributed by atoms with E-state index < -0.39 is 0 Å². The maximum Gasteiger partial charge on any atom is 0.119 e. The van der Waals surface area contributed by atoms with Gasteiger partial charge in [-0.1, -0.05) is 0 Å². The van der Waals surface area contributed by atoms with Crippen molar-refractivity contribution in [1.82, 2.24) is 10.3 Å². The molecule has 2 aromatic rings. The van der Waals surface area contributed by atoms with Gasteiger partial charge in [0.05, 0.1) is 20.3 Å². The number of benzene rings is 1. The maximum atomic E-state index is 5.41. The summed E-state index contributed by atoms with van der Waals surface area (Å²) in [5.74, 6) is 0.918. The zero-order valence-electron chi connectivity index (χ0n) is 10.4. The van der Waals surface area contributed by atoms with Crippen molar-refractivity contribution in [3.8, 4) is 5.75 Å². The fourth-order valence-corrected chi connectivity index (χ4v) is 3.09. The predicted octanol–water partition coefficient (Wildman–Crippen LogP) is 1.55. The van der Waals surface area contributed by atoms with Crippen LogP contribution in [0.15, 0.2) is 18.2 Å². The first-order chi connectivity index (χ1) is 8.82. The van der Waals surface area contributed by atoms with E-state index in [-0.39, 0.29) is 5.54 Å². The third-order valence-corrected chi connectivity index (χ3v) is 4.13. The summed E-state index contributed by atoms with van der Waals surface area (Å²) in [5.41, 5.74) is 3.95. The molecule has 4 nitrogen and oxygen atoms in total. The van der Waals surface area contributed by atoms with Crippen molar-refractivity contribution in [3.63, 3.8) is 0 Å². The van der Waals surface area contributed by atoms with Crippen LogP contribution < -0.4 is 10.1 Å². The normalized spacial score (nSPS) is 20.7.